The summed E-state index contributed by atoms with van der Waals surface area (Å²) in [5, 5.41) is 10.3. The van der Waals surface area contributed by atoms with E-state index in [0.717, 1.165) is 12.5 Å². The Kier molecular flexibility index (Phi) is 9.19. The quantitative estimate of drug-likeness (QED) is 0.421. The molecule has 8 heteroatoms. The molecule has 1 aromatic heterocycles. The maximum absolute atomic E-state index is 5.05. The first-order valence-electron chi connectivity index (χ1n) is 6.25. The Labute approximate surface area is 142 Å². The second-order valence-corrected chi connectivity index (χ2v) is 6.32. The molecule has 0 radical (unpaired) electrons. The summed E-state index contributed by atoms with van der Waals surface area (Å²) in [5.41, 5.74) is 0. The van der Waals surface area contributed by atoms with Crippen LogP contribution in [0.5, 0.6) is 0 Å². The van der Waals surface area contributed by atoms with Gasteiger partial charge in [0.15, 0.2) is 11.8 Å². The smallest absolute Gasteiger partial charge is 0.228 e. The van der Waals surface area contributed by atoms with Gasteiger partial charge in [0.2, 0.25) is 5.89 Å². The maximum Gasteiger partial charge on any atom is 0.228 e. The molecule has 0 aromatic carbocycles. The summed E-state index contributed by atoms with van der Waals surface area (Å²) in [5.74, 6) is 2.10. The van der Waals surface area contributed by atoms with Crippen molar-refractivity contribution in [3.63, 3.8) is 0 Å². The lowest BCUT2D eigenvalue weighted by molar-refractivity contribution is 0.374. The number of aryl methyl sites for hydroxylation is 1. The van der Waals surface area contributed by atoms with Gasteiger partial charge >= 0.3 is 0 Å². The summed E-state index contributed by atoms with van der Waals surface area (Å²) < 4.78 is 5.23. The Morgan fingerprint density at radius 2 is 2.10 bits per heavy atom. The van der Waals surface area contributed by atoms with Crippen molar-refractivity contribution in [2.45, 2.75) is 31.9 Å². The van der Waals surface area contributed by atoms with Crippen molar-refractivity contribution in [3.05, 3.63) is 11.7 Å². The number of nitrogens with one attached hydrogen (secondary N) is 2. The molecule has 0 unspecified atom stereocenters. The van der Waals surface area contributed by atoms with Crippen LogP contribution in [0.25, 0.3) is 0 Å². The molecule has 0 saturated carbocycles. The van der Waals surface area contributed by atoms with E-state index in [1.54, 1.807) is 7.05 Å². The number of rotatable bonds is 6. The van der Waals surface area contributed by atoms with E-state index in [-0.39, 0.29) is 28.7 Å². The van der Waals surface area contributed by atoms with Gasteiger partial charge in [0.05, 0.1) is 0 Å². The topological polar surface area (TPSA) is 75.3 Å². The third kappa shape index (κ3) is 7.32. The van der Waals surface area contributed by atoms with Crippen molar-refractivity contribution in [2.75, 3.05) is 26.4 Å². The highest BCUT2D eigenvalue weighted by Crippen LogP contribution is 2.19. The molecule has 20 heavy (non-hydrogen) atoms. The molecule has 116 valence electrons. The number of thioether (sulfide) groups is 1. The van der Waals surface area contributed by atoms with Crippen LogP contribution in [0.1, 0.15) is 25.6 Å². The van der Waals surface area contributed by atoms with Crippen molar-refractivity contribution in [1.29, 1.82) is 0 Å². The van der Waals surface area contributed by atoms with Crippen molar-refractivity contribution in [3.8, 4) is 0 Å². The lowest BCUT2D eigenvalue weighted by Crippen LogP contribution is -2.43. The molecule has 0 fully saturated rings. The molecule has 0 aliphatic rings. The fourth-order valence-corrected chi connectivity index (χ4v) is 1.54. The van der Waals surface area contributed by atoms with E-state index in [1.165, 1.54) is 0 Å². The third-order valence-electron chi connectivity index (χ3n) is 2.66. The van der Waals surface area contributed by atoms with E-state index in [9.17, 15) is 0 Å². The zero-order valence-corrected chi connectivity index (χ0v) is 15.8. The van der Waals surface area contributed by atoms with Gasteiger partial charge in [-0.1, -0.05) is 5.16 Å². The molecule has 1 heterocycles. The number of hydrogen-bond acceptors (Lipinski definition) is 5. The molecular weight excluding hydrogens is 389 g/mol. The summed E-state index contributed by atoms with van der Waals surface area (Å²) >= 11 is 1.82. The Bertz CT molecular complexity index is 422. The van der Waals surface area contributed by atoms with E-state index in [2.05, 4.69) is 45.9 Å². The zero-order chi connectivity index (χ0) is 14.3. The Morgan fingerprint density at radius 3 is 2.60 bits per heavy atom. The van der Waals surface area contributed by atoms with E-state index >= 15 is 0 Å². The van der Waals surface area contributed by atoms with E-state index in [0.29, 0.717) is 24.7 Å². The van der Waals surface area contributed by atoms with Gasteiger partial charge in [-0.3, -0.25) is 4.99 Å². The van der Waals surface area contributed by atoms with Gasteiger partial charge in [-0.05, 0) is 27.0 Å². The molecule has 0 aliphatic heterocycles. The zero-order valence-electron chi connectivity index (χ0n) is 12.7. The van der Waals surface area contributed by atoms with Gasteiger partial charge in [0.1, 0.15) is 0 Å². The molecule has 0 spiro atoms. The SMILES string of the molecule is CN=C(NCCc1nc(C)no1)NCC(C)(C)SC.I. The van der Waals surface area contributed by atoms with Gasteiger partial charge in [0.25, 0.3) is 0 Å². The van der Waals surface area contributed by atoms with Crippen LogP contribution < -0.4 is 10.6 Å². The molecule has 2 N–H and O–H groups in total. The molecule has 1 aromatic rings. The molecule has 6 nitrogen and oxygen atoms in total. The van der Waals surface area contributed by atoms with Crippen LogP contribution in [0.3, 0.4) is 0 Å². The first-order valence-corrected chi connectivity index (χ1v) is 7.48. The highest BCUT2D eigenvalue weighted by atomic mass is 127. The second kappa shape index (κ2) is 9.43. The van der Waals surface area contributed by atoms with E-state index < -0.39 is 0 Å². The van der Waals surface area contributed by atoms with Gasteiger partial charge in [-0.15, -0.1) is 24.0 Å². The first kappa shape index (κ1) is 19.5. The van der Waals surface area contributed by atoms with Crippen LogP contribution in [0.15, 0.2) is 9.52 Å². The standard InChI is InChI=1S/C12H23N5OS.HI/c1-9-16-10(18-17-9)6-7-14-11(13-4)15-8-12(2,3)19-5;/h6-8H2,1-5H3,(H2,13,14,15);1H. The Balaban J connectivity index is 0.00000361. The minimum Gasteiger partial charge on any atom is -0.356 e. The van der Waals surface area contributed by atoms with E-state index in [4.69, 9.17) is 4.52 Å². The molecule has 0 bridgehead atoms. The van der Waals surface area contributed by atoms with Gasteiger partial charge < -0.3 is 15.2 Å². The second-order valence-electron chi connectivity index (χ2n) is 4.80. The van der Waals surface area contributed by atoms with Gasteiger partial charge in [-0.2, -0.15) is 16.7 Å². The average molecular weight is 413 g/mol. The first-order chi connectivity index (χ1) is 8.96. The highest BCUT2D eigenvalue weighted by molar-refractivity contribution is 14.0. The van der Waals surface area contributed by atoms with Crippen molar-refractivity contribution < 1.29 is 4.52 Å². The van der Waals surface area contributed by atoms with Crippen LogP contribution in [0.2, 0.25) is 0 Å². The minimum absolute atomic E-state index is 0. The minimum atomic E-state index is 0. The molecule has 0 aliphatic carbocycles. The van der Waals surface area contributed by atoms with Crippen LogP contribution in [0.4, 0.5) is 0 Å². The predicted octanol–water partition coefficient (Wildman–Crippen LogP) is 1.85. The van der Waals surface area contributed by atoms with Crippen LogP contribution in [-0.4, -0.2) is 47.2 Å². The number of aliphatic imine (C=N–C) groups is 1. The number of nitrogens with zero attached hydrogens (tertiary/aromatic N) is 3. The number of hydrogen-bond donors (Lipinski definition) is 2. The molecular formula is C12H24IN5OS. The maximum atomic E-state index is 5.05. The highest BCUT2D eigenvalue weighted by Gasteiger charge is 2.16. The van der Waals surface area contributed by atoms with Crippen LogP contribution in [0, 0.1) is 6.92 Å². The normalized spacial score (nSPS) is 11.9. The summed E-state index contributed by atoms with van der Waals surface area (Å²) in [6, 6.07) is 0. The lowest BCUT2D eigenvalue weighted by atomic mass is 10.2. The van der Waals surface area contributed by atoms with Gasteiger partial charge in [-0.25, -0.2) is 0 Å². The third-order valence-corrected chi connectivity index (χ3v) is 3.91. The molecule has 0 amide bonds. The van der Waals surface area contributed by atoms with Gasteiger partial charge in [0, 0.05) is 31.3 Å². The molecule has 1 rings (SSSR count). The average Bonchev–Trinajstić information content (AvgIpc) is 2.79. The lowest BCUT2D eigenvalue weighted by Gasteiger charge is -2.23. The number of guanidine groups is 1. The number of aromatic nitrogens is 2. The van der Waals surface area contributed by atoms with Crippen molar-refractivity contribution in [2.24, 2.45) is 4.99 Å². The summed E-state index contributed by atoms with van der Waals surface area (Å²) in [6.45, 7) is 7.76. The summed E-state index contributed by atoms with van der Waals surface area (Å²) in [6.07, 6.45) is 2.79. The Morgan fingerprint density at radius 1 is 1.40 bits per heavy atom. The summed E-state index contributed by atoms with van der Waals surface area (Å²) in [4.78, 5) is 8.33. The monoisotopic (exact) mass is 413 g/mol. The molecule has 0 atom stereocenters. The predicted molar refractivity (Wildman–Crippen MR) is 95.1 cm³/mol. The van der Waals surface area contributed by atoms with Crippen molar-refractivity contribution >= 4 is 41.7 Å². The fourth-order valence-electron chi connectivity index (χ4n) is 1.32. The van der Waals surface area contributed by atoms with Crippen LogP contribution in [-0.2, 0) is 6.42 Å². The Hall–Kier alpha value is -0.510. The number of halogens is 1. The largest absolute Gasteiger partial charge is 0.356 e. The van der Waals surface area contributed by atoms with Crippen LogP contribution >= 0.6 is 35.7 Å². The van der Waals surface area contributed by atoms with Crippen molar-refractivity contribution in [1.82, 2.24) is 20.8 Å². The summed E-state index contributed by atoms with van der Waals surface area (Å²) in [7, 11) is 1.76. The molecule has 0 saturated heterocycles. The fraction of sp³-hybridized carbons (Fsp3) is 0.750. The van der Waals surface area contributed by atoms with E-state index in [1.807, 2.05) is 18.7 Å².